The third-order valence-corrected chi connectivity index (χ3v) is 4.30. The van der Waals surface area contributed by atoms with Gasteiger partial charge in [0.1, 0.15) is 5.76 Å². The number of carbonyl (C=O) groups is 1. The van der Waals surface area contributed by atoms with Gasteiger partial charge in [-0.15, -0.1) is 0 Å². The van der Waals surface area contributed by atoms with Crippen LogP contribution in [-0.4, -0.2) is 20.2 Å². The van der Waals surface area contributed by atoms with E-state index in [2.05, 4.69) is 4.74 Å². The van der Waals surface area contributed by atoms with E-state index in [4.69, 9.17) is 9.15 Å². The van der Waals surface area contributed by atoms with Gasteiger partial charge in [-0.05, 0) is 26.2 Å². The maximum atomic E-state index is 12.3. The molecular formula is C19H30O5. The van der Waals surface area contributed by atoms with Crippen LogP contribution < -0.4 is 10.2 Å². The lowest BCUT2D eigenvalue weighted by Gasteiger charge is -2.10. The fourth-order valence-electron chi connectivity index (χ4n) is 2.77. The van der Waals surface area contributed by atoms with Crippen molar-refractivity contribution in [2.24, 2.45) is 0 Å². The molecule has 1 rings (SSSR count). The van der Waals surface area contributed by atoms with Gasteiger partial charge in [-0.2, -0.15) is 0 Å². The summed E-state index contributed by atoms with van der Waals surface area (Å²) in [5, 5.41) is 0. The number of hydrogen-bond acceptors (Lipinski definition) is 5. The summed E-state index contributed by atoms with van der Waals surface area (Å²) in [7, 11) is 2.95. The molecular weight excluding hydrogens is 308 g/mol. The van der Waals surface area contributed by atoms with Crippen LogP contribution in [0.2, 0.25) is 0 Å². The molecule has 0 amide bonds. The second-order valence-corrected chi connectivity index (χ2v) is 6.00. The van der Waals surface area contributed by atoms with E-state index in [-0.39, 0.29) is 11.4 Å². The van der Waals surface area contributed by atoms with Crippen molar-refractivity contribution in [3.63, 3.8) is 0 Å². The average molecular weight is 338 g/mol. The molecule has 0 saturated heterocycles. The highest BCUT2D eigenvalue weighted by Crippen LogP contribution is 2.21. The molecule has 0 fully saturated rings. The summed E-state index contributed by atoms with van der Waals surface area (Å²) in [4.78, 5) is 23.3. The van der Waals surface area contributed by atoms with Gasteiger partial charge in [0.25, 0.3) is 5.95 Å². The molecule has 0 atom stereocenters. The zero-order valence-electron chi connectivity index (χ0n) is 15.4. The maximum Gasteiger partial charge on any atom is 0.305 e. The number of carbonyl (C=O) groups excluding carboxylic acids is 1. The Morgan fingerprint density at radius 1 is 1.04 bits per heavy atom. The Balaban J connectivity index is 2.37. The van der Waals surface area contributed by atoms with E-state index in [1.54, 1.807) is 0 Å². The predicted molar refractivity (Wildman–Crippen MR) is 93.7 cm³/mol. The highest BCUT2D eigenvalue weighted by molar-refractivity contribution is 5.68. The highest BCUT2D eigenvalue weighted by atomic mass is 16.6. The van der Waals surface area contributed by atoms with Gasteiger partial charge in [0, 0.05) is 18.4 Å². The van der Waals surface area contributed by atoms with E-state index < -0.39 is 0 Å². The molecule has 0 N–H and O–H groups in total. The first kappa shape index (κ1) is 20.3. The summed E-state index contributed by atoms with van der Waals surface area (Å²) in [5.41, 5.74) is 1.36. The van der Waals surface area contributed by atoms with Crippen LogP contribution >= 0.6 is 0 Å². The number of methoxy groups -OCH3 is 2. The van der Waals surface area contributed by atoms with Crippen LogP contribution in [0.4, 0.5) is 0 Å². The Hall–Kier alpha value is -1.78. The van der Waals surface area contributed by atoms with E-state index in [1.165, 1.54) is 14.2 Å². The van der Waals surface area contributed by atoms with Crippen molar-refractivity contribution < 1.29 is 18.7 Å². The van der Waals surface area contributed by atoms with Crippen molar-refractivity contribution in [2.45, 2.75) is 71.6 Å². The van der Waals surface area contributed by atoms with Gasteiger partial charge < -0.3 is 13.9 Å². The second kappa shape index (κ2) is 10.9. The van der Waals surface area contributed by atoms with Crippen LogP contribution in [0.15, 0.2) is 9.21 Å². The third kappa shape index (κ3) is 6.02. The minimum absolute atomic E-state index is 0.0402. The van der Waals surface area contributed by atoms with Crippen molar-refractivity contribution in [3.8, 4) is 5.95 Å². The zero-order valence-corrected chi connectivity index (χ0v) is 15.4. The number of aryl methyl sites for hydroxylation is 1. The lowest BCUT2D eigenvalue weighted by molar-refractivity contribution is -0.140. The average Bonchev–Trinajstić information content (AvgIpc) is 2.60. The van der Waals surface area contributed by atoms with E-state index >= 15 is 0 Å². The predicted octanol–water partition coefficient (Wildman–Crippen LogP) is 3.97. The number of hydrogen-bond donors (Lipinski definition) is 0. The summed E-state index contributed by atoms with van der Waals surface area (Å²) in [6, 6.07) is 0. The Morgan fingerprint density at radius 3 is 2.25 bits per heavy atom. The van der Waals surface area contributed by atoms with Crippen LogP contribution in [0.5, 0.6) is 5.95 Å². The summed E-state index contributed by atoms with van der Waals surface area (Å²) in [6.07, 6.45) is 8.09. The van der Waals surface area contributed by atoms with Crippen molar-refractivity contribution in [2.75, 3.05) is 14.2 Å². The molecule has 0 radical (unpaired) electrons. The molecule has 0 spiro atoms. The fourth-order valence-corrected chi connectivity index (χ4v) is 2.77. The van der Waals surface area contributed by atoms with Crippen LogP contribution in [0, 0.1) is 6.92 Å². The van der Waals surface area contributed by atoms with Gasteiger partial charge >= 0.3 is 5.97 Å². The maximum absolute atomic E-state index is 12.3. The van der Waals surface area contributed by atoms with Gasteiger partial charge in [0.15, 0.2) is 5.43 Å². The quantitative estimate of drug-likeness (QED) is 0.451. The standard InChI is InChI=1S/C19H30O5/c1-5-15-18(21)14(2)16(24-19(15)23-4)12-10-8-6-7-9-11-13-17(20)22-3/h5-13H2,1-4H3. The van der Waals surface area contributed by atoms with Crippen molar-refractivity contribution in [1.29, 1.82) is 0 Å². The summed E-state index contributed by atoms with van der Waals surface area (Å²) in [6.45, 7) is 3.75. The zero-order chi connectivity index (χ0) is 17.9. The third-order valence-electron chi connectivity index (χ3n) is 4.30. The Bertz CT molecular complexity index is 574. The largest absolute Gasteiger partial charge is 0.469 e. The van der Waals surface area contributed by atoms with Crippen molar-refractivity contribution in [3.05, 3.63) is 27.1 Å². The minimum atomic E-state index is -0.134. The first-order valence-corrected chi connectivity index (χ1v) is 8.81. The molecule has 0 aromatic carbocycles. The Labute approximate surface area is 144 Å². The molecule has 5 heteroatoms. The van der Waals surface area contributed by atoms with Crippen LogP contribution in [-0.2, 0) is 22.4 Å². The molecule has 0 bridgehead atoms. The summed E-state index contributed by atoms with van der Waals surface area (Å²) < 4.78 is 15.6. The lowest BCUT2D eigenvalue weighted by atomic mass is 10.0. The molecule has 0 aliphatic rings. The number of unbranched alkanes of at least 4 members (excludes halogenated alkanes) is 5. The monoisotopic (exact) mass is 338 g/mol. The number of rotatable bonds is 11. The number of ether oxygens (including phenoxy) is 2. The molecule has 24 heavy (non-hydrogen) atoms. The SMILES string of the molecule is CCc1c(OC)oc(CCCCCCCCC(=O)OC)c(C)c1=O. The van der Waals surface area contributed by atoms with Gasteiger partial charge in [0.2, 0.25) is 0 Å². The van der Waals surface area contributed by atoms with Crippen LogP contribution in [0.3, 0.4) is 0 Å². The minimum Gasteiger partial charge on any atom is -0.469 e. The number of esters is 1. The molecule has 5 nitrogen and oxygen atoms in total. The molecule has 136 valence electrons. The van der Waals surface area contributed by atoms with Gasteiger partial charge in [0.05, 0.1) is 19.8 Å². The van der Waals surface area contributed by atoms with E-state index in [0.717, 1.165) is 50.7 Å². The van der Waals surface area contributed by atoms with Crippen LogP contribution in [0.1, 0.15) is 68.8 Å². The first-order chi connectivity index (χ1) is 11.5. The van der Waals surface area contributed by atoms with Crippen molar-refractivity contribution in [1.82, 2.24) is 0 Å². The fraction of sp³-hybridized carbons (Fsp3) is 0.684. The Kier molecular flexibility index (Phi) is 9.20. The molecule has 0 aliphatic carbocycles. The Morgan fingerprint density at radius 2 is 1.67 bits per heavy atom. The normalized spacial score (nSPS) is 10.7. The molecule has 1 aromatic heterocycles. The van der Waals surface area contributed by atoms with E-state index in [9.17, 15) is 9.59 Å². The molecule has 1 heterocycles. The first-order valence-electron chi connectivity index (χ1n) is 8.81. The highest BCUT2D eigenvalue weighted by Gasteiger charge is 2.15. The molecule has 0 unspecified atom stereocenters. The topological polar surface area (TPSA) is 65.7 Å². The van der Waals surface area contributed by atoms with Gasteiger partial charge in [-0.3, -0.25) is 9.59 Å². The van der Waals surface area contributed by atoms with E-state index in [1.807, 2.05) is 13.8 Å². The van der Waals surface area contributed by atoms with E-state index in [0.29, 0.717) is 29.9 Å². The molecule has 0 aliphatic heterocycles. The summed E-state index contributed by atoms with van der Waals surface area (Å²) in [5.74, 6) is 0.954. The van der Waals surface area contributed by atoms with Gasteiger partial charge in [-0.25, -0.2) is 0 Å². The molecule has 0 saturated carbocycles. The molecule has 1 aromatic rings. The lowest BCUT2D eigenvalue weighted by Crippen LogP contribution is -2.15. The smallest absolute Gasteiger partial charge is 0.305 e. The summed E-state index contributed by atoms with van der Waals surface area (Å²) >= 11 is 0. The van der Waals surface area contributed by atoms with Crippen molar-refractivity contribution >= 4 is 5.97 Å². The van der Waals surface area contributed by atoms with Gasteiger partial charge in [-0.1, -0.05) is 32.6 Å². The van der Waals surface area contributed by atoms with Crippen LogP contribution in [0.25, 0.3) is 0 Å². The second-order valence-electron chi connectivity index (χ2n) is 6.00.